The molecule has 0 aromatic carbocycles. The van der Waals surface area contributed by atoms with E-state index in [0.29, 0.717) is 6.04 Å². The van der Waals surface area contributed by atoms with Crippen molar-refractivity contribution >= 4 is 6.03 Å². The minimum atomic E-state index is 0.237. The molecule has 2 amide bonds. The van der Waals surface area contributed by atoms with E-state index in [1.165, 1.54) is 12.8 Å². The van der Waals surface area contributed by atoms with Crippen LogP contribution in [-0.2, 0) is 0 Å². The number of likely N-dealkylation sites (N-methyl/N-ethyl adjacent to an activating group) is 1. The first-order chi connectivity index (χ1) is 6.10. The molecular weight excluding hydrogens is 164 g/mol. The molecule has 3 heteroatoms. The number of carbonyl (C=O) groups excluding carboxylic acids is 1. The molecule has 74 valence electrons. The Kier molecular flexibility index (Phi) is 1.79. The molecule has 1 saturated carbocycles. The van der Waals surface area contributed by atoms with Crippen molar-refractivity contribution in [3.8, 4) is 0 Å². The summed E-state index contributed by atoms with van der Waals surface area (Å²) in [7, 11) is 0. The number of urea groups is 1. The fourth-order valence-corrected chi connectivity index (χ4v) is 2.41. The summed E-state index contributed by atoms with van der Waals surface area (Å²) in [6.07, 6.45) is 2.40. The maximum absolute atomic E-state index is 11.9. The number of nitrogens with zero attached hydrogens (tertiary/aromatic N) is 2. The van der Waals surface area contributed by atoms with Gasteiger partial charge >= 0.3 is 6.03 Å². The van der Waals surface area contributed by atoms with E-state index in [4.69, 9.17) is 0 Å². The average Bonchev–Trinajstić information content (AvgIpc) is 2.73. The highest BCUT2D eigenvalue weighted by Gasteiger charge is 2.57. The highest BCUT2D eigenvalue weighted by atomic mass is 16.2. The zero-order valence-electron chi connectivity index (χ0n) is 8.71. The molecule has 0 aromatic heterocycles. The summed E-state index contributed by atoms with van der Waals surface area (Å²) in [5.74, 6) is 0. The summed E-state index contributed by atoms with van der Waals surface area (Å²) in [5, 5.41) is 0. The van der Waals surface area contributed by atoms with Crippen molar-refractivity contribution in [1.29, 1.82) is 0 Å². The lowest BCUT2D eigenvalue weighted by molar-refractivity contribution is 0.170. The molecule has 0 bridgehead atoms. The Balaban J connectivity index is 2.20. The van der Waals surface area contributed by atoms with Gasteiger partial charge in [-0.25, -0.2) is 4.79 Å². The van der Waals surface area contributed by atoms with Gasteiger partial charge in [0.05, 0.1) is 5.54 Å². The zero-order valence-corrected chi connectivity index (χ0v) is 8.71. The van der Waals surface area contributed by atoms with Crippen LogP contribution in [0.3, 0.4) is 0 Å². The summed E-state index contributed by atoms with van der Waals surface area (Å²) < 4.78 is 0. The molecule has 1 heterocycles. The summed E-state index contributed by atoms with van der Waals surface area (Å²) in [5.41, 5.74) is 0.237. The third-order valence-corrected chi connectivity index (χ3v) is 3.20. The van der Waals surface area contributed by atoms with Crippen molar-refractivity contribution < 1.29 is 4.79 Å². The Labute approximate surface area is 79.7 Å². The molecule has 3 nitrogen and oxygen atoms in total. The Bertz CT molecular complexity index is 233. The van der Waals surface area contributed by atoms with Gasteiger partial charge in [-0.3, -0.25) is 0 Å². The fraction of sp³-hybridized carbons (Fsp3) is 0.900. The highest BCUT2D eigenvalue weighted by molar-refractivity contribution is 5.79. The summed E-state index contributed by atoms with van der Waals surface area (Å²) in [6.45, 7) is 8.08. The number of hydrogen-bond donors (Lipinski definition) is 0. The maximum Gasteiger partial charge on any atom is 0.320 e. The molecular formula is C10H18N2O. The van der Waals surface area contributed by atoms with E-state index >= 15 is 0 Å². The van der Waals surface area contributed by atoms with Crippen molar-refractivity contribution in [2.45, 2.75) is 45.2 Å². The van der Waals surface area contributed by atoms with E-state index in [2.05, 4.69) is 25.7 Å². The number of amides is 2. The topological polar surface area (TPSA) is 23.6 Å². The van der Waals surface area contributed by atoms with Crippen LogP contribution in [0.25, 0.3) is 0 Å². The smallest absolute Gasteiger partial charge is 0.320 e. The molecule has 1 spiro atoms. The predicted octanol–water partition coefficient (Wildman–Crippen LogP) is 1.68. The summed E-state index contributed by atoms with van der Waals surface area (Å²) in [4.78, 5) is 15.9. The highest BCUT2D eigenvalue weighted by Crippen LogP contribution is 2.47. The molecule has 13 heavy (non-hydrogen) atoms. The van der Waals surface area contributed by atoms with Gasteiger partial charge in [0.1, 0.15) is 0 Å². The Morgan fingerprint density at radius 1 is 1.46 bits per heavy atom. The molecule has 0 atom stereocenters. The van der Waals surface area contributed by atoms with Crippen molar-refractivity contribution in [3.05, 3.63) is 0 Å². The second-order valence-electron chi connectivity index (χ2n) is 4.48. The third kappa shape index (κ3) is 1.13. The molecule has 2 rings (SSSR count). The van der Waals surface area contributed by atoms with Crippen LogP contribution >= 0.6 is 0 Å². The Hall–Kier alpha value is -0.730. The van der Waals surface area contributed by atoms with Crippen LogP contribution in [0.15, 0.2) is 0 Å². The molecule has 1 saturated heterocycles. The average molecular weight is 182 g/mol. The molecule has 2 fully saturated rings. The lowest BCUT2D eigenvalue weighted by Gasteiger charge is -2.26. The molecule has 0 radical (unpaired) electrons. The van der Waals surface area contributed by atoms with Crippen LogP contribution in [0, 0.1) is 0 Å². The van der Waals surface area contributed by atoms with Gasteiger partial charge in [0.2, 0.25) is 0 Å². The maximum atomic E-state index is 11.9. The number of hydrogen-bond acceptors (Lipinski definition) is 1. The quantitative estimate of drug-likeness (QED) is 0.637. The van der Waals surface area contributed by atoms with Gasteiger partial charge in [0.15, 0.2) is 0 Å². The minimum Gasteiger partial charge on any atom is -0.323 e. The van der Waals surface area contributed by atoms with Crippen molar-refractivity contribution in [2.75, 3.05) is 13.1 Å². The second-order valence-corrected chi connectivity index (χ2v) is 4.48. The van der Waals surface area contributed by atoms with Crippen molar-refractivity contribution in [2.24, 2.45) is 0 Å². The van der Waals surface area contributed by atoms with Crippen LogP contribution in [-0.4, -0.2) is 40.5 Å². The van der Waals surface area contributed by atoms with Gasteiger partial charge in [-0.1, -0.05) is 0 Å². The van der Waals surface area contributed by atoms with E-state index in [9.17, 15) is 4.79 Å². The van der Waals surface area contributed by atoms with E-state index in [1.54, 1.807) is 0 Å². The predicted molar refractivity (Wildman–Crippen MR) is 51.6 cm³/mol. The van der Waals surface area contributed by atoms with Gasteiger partial charge in [-0.2, -0.15) is 0 Å². The first-order valence-corrected chi connectivity index (χ1v) is 5.19. The first-order valence-electron chi connectivity index (χ1n) is 5.19. The minimum absolute atomic E-state index is 0.237. The molecule has 0 unspecified atom stereocenters. The number of carbonyl (C=O) groups is 1. The lowest BCUT2D eigenvalue weighted by Crippen LogP contribution is -2.41. The van der Waals surface area contributed by atoms with E-state index in [-0.39, 0.29) is 11.6 Å². The SMILES string of the molecule is CCN1CC2(CC2)N(C(C)C)C1=O. The molecule has 2 aliphatic rings. The standard InChI is InChI=1S/C10H18N2O/c1-4-11-7-10(5-6-10)12(8(2)3)9(11)13/h8H,4-7H2,1-3H3. The summed E-state index contributed by atoms with van der Waals surface area (Å²) >= 11 is 0. The van der Waals surface area contributed by atoms with Gasteiger partial charge in [0.25, 0.3) is 0 Å². The second kappa shape index (κ2) is 2.63. The van der Waals surface area contributed by atoms with Crippen LogP contribution in [0.2, 0.25) is 0 Å². The lowest BCUT2D eigenvalue weighted by atomic mass is 10.2. The van der Waals surface area contributed by atoms with Crippen molar-refractivity contribution in [3.63, 3.8) is 0 Å². The van der Waals surface area contributed by atoms with Gasteiger partial charge in [0, 0.05) is 19.1 Å². The monoisotopic (exact) mass is 182 g/mol. The van der Waals surface area contributed by atoms with Crippen LogP contribution in [0.5, 0.6) is 0 Å². The molecule has 1 aliphatic carbocycles. The van der Waals surface area contributed by atoms with E-state index in [0.717, 1.165) is 13.1 Å². The van der Waals surface area contributed by atoms with Crippen LogP contribution in [0.1, 0.15) is 33.6 Å². The van der Waals surface area contributed by atoms with E-state index < -0.39 is 0 Å². The number of rotatable bonds is 2. The molecule has 0 aromatic rings. The Morgan fingerprint density at radius 3 is 2.38 bits per heavy atom. The van der Waals surface area contributed by atoms with Crippen molar-refractivity contribution in [1.82, 2.24) is 9.80 Å². The third-order valence-electron chi connectivity index (χ3n) is 3.20. The van der Waals surface area contributed by atoms with Crippen LogP contribution < -0.4 is 0 Å². The van der Waals surface area contributed by atoms with Gasteiger partial charge in [-0.05, 0) is 33.6 Å². The fourth-order valence-electron chi connectivity index (χ4n) is 2.41. The summed E-state index contributed by atoms with van der Waals surface area (Å²) in [6, 6.07) is 0.599. The largest absolute Gasteiger partial charge is 0.323 e. The van der Waals surface area contributed by atoms with Crippen LogP contribution in [0.4, 0.5) is 4.79 Å². The molecule has 1 aliphatic heterocycles. The van der Waals surface area contributed by atoms with E-state index in [1.807, 2.05) is 4.90 Å². The normalized spacial score (nSPS) is 25.1. The zero-order chi connectivity index (χ0) is 9.64. The molecule has 0 N–H and O–H groups in total. The first kappa shape index (κ1) is 8.85. The Morgan fingerprint density at radius 2 is 2.08 bits per heavy atom. The van der Waals surface area contributed by atoms with Gasteiger partial charge in [-0.15, -0.1) is 0 Å². The van der Waals surface area contributed by atoms with Gasteiger partial charge < -0.3 is 9.80 Å².